The van der Waals surface area contributed by atoms with Gasteiger partial charge >= 0.3 is 0 Å². The van der Waals surface area contributed by atoms with Crippen LogP contribution in [-0.2, 0) is 4.74 Å². The molecule has 0 amide bonds. The van der Waals surface area contributed by atoms with Gasteiger partial charge in [-0.25, -0.2) is 0 Å². The monoisotopic (exact) mass is 476 g/mol. The molecule has 8 heteroatoms. The molecule has 34 heavy (non-hydrogen) atoms. The molecule has 2 aromatic carbocycles. The number of allylic oxidation sites excluding steroid dienone is 1. The normalized spacial score (nSPS) is 20.6. The van der Waals surface area contributed by atoms with Crippen molar-refractivity contribution in [3.63, 3.8) is 0 Å². The first-order chi connectivity index (χ1) is 16.5. The molecule has 7 nitrogen and oxygen atoms in total. The van der Waals surface area contributed by atoms with Crippen LogP contribution in [0.1, 0.15) is 42.8 Å². The van der Waals surface area contributed by atoms with Crippen LogP contribution in [0.5, 0.6) is 5.75 Å². The molecule has 0 bridgehead atoms. The number of nitrogens with zero attached hydrogens (tertiary/aromatic N) is 3. The maximum atomic E-state index is 5.89. The summed E-state index contributed by atoms with van der Waals surface area (Å²) in [6, 6.07) is 15.8. The van der Waals surface area contributed by atoms with Crippen LogP contribution in [0, 0.1) is 6.92 Å². The second kappa shape index (κ2) is 9.56. The molecule has 1 saturated heterocycles. The van der Waals surface area contributed by atoms with Gasteiger partial charge in [0.25, 0.3) is 5.89 Å². The average Bonchev–Trinajstić information content (AvgIpc) is 3.54. The molecule has 2 unspecified atom stereocenters. The Morgan fingerprint density at radius 3 is 2.74 bits per heavy atom. The maximum absolute atomic E-state index is 5.89. The lowest BCUT2D eigenvalue weighted by molar-refractivity contribution is 0.0962. The maximum Gasteiger partial charge on any atom is 0.258 e. The molecule has 2 atom stereocenters. The summed E-state index contributed by atoms with van der Waals surface area (Å²) in [7, 11) is 1.66. The standard InChI is InChI=1S/C26H28N4O3S/c1-16-9-11-18(12-10-16)24-28-25(33-29-24)22-17(2)30(15-21-8-5-13-32-21)26(34)27-23(22)19-6-4-7-20(14-19)31-3/h4,6-7,9-12,14,21,23H,5,8,13,15H2,1-3H3,(H,27,34). The third kappa shape index (κ3) is 4.43. The van der Waals surface area contributed by atoms with Gasteiger partial charge in [0.2, 0.25) is 5.82 Å². The zero-order chi connectivity index (χ0) is 23.7. The molecule has 176 valence electrons. The topological polar surface area (TPSA) is 72.7 Å². The predicted molar refractivity (Wildman–Crippen MR) is 134 cm³/mol. The molecule has 0 aliphatic carbocycles. The van der Waals surface area contributed by atoms with Gasteiger partial charge in [-0.15, -0.1) is 0 Å². The first-order valence-electron chi connectivity index (χ1n) is 11.5. The lowest BCUT2D eigenvalue weighted by Crippen LogP contribution is -2.48. The number of hydrogen-bond donors (Lipinski definition) is 1. The van der Waals surface area contributed by atoms with Gasteiger partial charge in [0.15, 0.2) is 5.11 Å². The third-order valence-corrected chi connectivity index (χ3v) is 6.74. The van der Waals surface area contributed by atoms with Gasteiger partial charge in [-0.1, -0.05) is 47.1 Å². The van der Waals surface area contributed by atoms with Crippen LogP contribution in [0.3, 0.4) is 0 Å². The van der Waals surface area contributed by atoms with E-state index in [2.05, 4.69) is 29.2 Å². The van der Waals surface area contributed by atoms with E-state index in [1.165, 1.54) is 5.56 Å². The van der Waals surface area contributed by atoms with Crippen molar-refractivity contribution in [1.29, 1.82) is 0 Å². The summed E-state index contributed by atoms with van der Waals surface area (Å²) in [4.78, 5) is 6.88. The molecule has 1 fully saturated rings. The molecule has 0 radical (unpaired) electrons. The minimum Gasteiger partial charge on any atom is -0.497 e. The van der Waals surface area contributed by atoms with E-state index in [0.29, 0.717) is 23.4 Å². The molecule has 5 rings (SSSR count). The van der Waals surface area contributed by atoms with E-state index in [1.807, 2.05) is 48.5 Å². The highest BCUT2D eigenvalue weighted by Crippen LogP contribution is 2.38. The summed E-state index contributed by atoms with van der Waals surface area (Å²) in [5, 5.41) is 8.45. The first kappa shape index (κ1) is 22.6. The second-order valence-electron chi connectivity index (χ2n) is 8.69. The molecule has 1 N–H and O–H groups in total. The molecule has 2 aliphatic heterocycles. The van der Waals surface area contributed by atoms with E-state index >= 15 is 0 Å². The zero-order valence-corrected chi connectivity index (χ0v) is 20.4. The fourth-order valence-corrected chi connectivity index (χ4v) is 4.82. The van der Waals surface area contributed by atoms with Crippen LogP contribution in [0.4, 0.5) is 0 Å². The Morgan fingerprint density at radius 2 is 2.00 bits per heavy atom. The van der Waals surface area contributed by atoms with E-state index < -0.39 is 0 Å². The minimum absolute atomic E-state index is 0.148. The van der Waals surface area contributed by atoms with Crippen LogP contribution < -0.4 is 10.1 Å². The Morgan fingerprint density at radius 1 is 1.18 bits per heavy atom. The number of nitrogens with one attached hydrogen (secondary N) is 1. The Labute approximate surface area is 204 Å². The predicted octanol–water partition coefficient (Wildman–Crippen LogP) is 4.90. The molecule has 1 aromatic heterocycles. The molecule has 0 spiro atoms. The van der Waals surface area contributed by atoms with E-state index in [1.54, 1.807) is 7.11 Å². The van der Waals surface area contributed by atoms with Gasteiger partial charge in [-0.2, -0.15) is 4.98 Å². The van der Waals surface area contributed by atoms with E-state index in [4.69, 9.17) is 31.2 Å². The number of rotatable bonds is 6. The third-order valence-electron chi connectivity index (χ3n) is 6.40. The highest BCUT2D eigenvalue weighted by molar-refractivity contribution is 7.80. The Balaban J connectivity index is 1.57. The van der Waals surface area contributed by atoms with Crippen molar-refractivity contribution in [1.82, 2.24) is 20.4 Å². The Kier molecular flexibility index (Phi) is 6.34. The number of thiocarbonyl (C=S) groups is 1. The summed E-state index contributed by atoms with van der Waals surface area (Å²) in [6.45, 7) is 5.59. The van der Waals surface area contributed by atoms with E-state index in [0.717, 1.165) is 47.6 Å². The van der Waals surface area contributed by atoms with E-state index in [-0.39, 0.29) is 12.1 Å². The fraction of sp³-hybridized carbons (Fsp3) is 0.346. The largest absolute Gasteiger partial charge is 0.497 e. The number of ether oxygens (including phenoxy) is 2. The van der Waals surface area contributed by atoms with Crippen molar-refractivity contribution in [3.8, 4) is 17.1 Å². The summed E-state index contributed by atoms with van der Waals surface area (Å²) in [6.07, 6.45) is 2.25. The number of methoxy groups -OCH3 is 1. The number of aromatic nitrogens is 2. The van der Waals surface area contributed by atoms with Gasteiger partial charge < -0.3 is 24.2 Å². The van der Waals surface area contributed by atoms with Crippen molar-refractivity contribution in [2.75, 3.05) is 20.3 Å². The van der Waals surface area contributed by atoms with Gasteiger partial charge in [-0.3, -0.25) is 0 Å². The van der Waals surface area contributed by atoms with Gasteiger partial charge in [0, 0.05) is 17.9 Å². The van der Waals surface area contributed by atoms with Crippen molar-refractivity contribution >= 4 is 22.9 Å². The first-order valence-corrected chi connectivity index (χ1v) is 11.9. The van der Waals surface area contributed by atoms with Gasteiger partial charge in [-0.05, 0) is 56.6 Å². The lowest BCUT2D eigenvalue weighted by Gasteiger charge is -2.38. The Hall–Kier alpha value is -3.23. The Bertz CT molecular complexity index is 1210. The quantitative estimate of drug-likeness (QED) is 0.504. The number of benzene rings is 2. The molecular formula is C26H28N4O3S. The van der Waals surface area contributed by atoms with Crippen LogP contribution in [-0.4, -0.2) is 46.5 Å². The summed E-state index contributed by atoms with van der Waals surface area (Å²) in [5.41, 5.74) is 4.96. The van der Waals surface area contributed by atoms with Gasteiger partial charge in [0.1, 0.15) is 5.75 Å². The smallest absolute Gasteiger partial charge is 0.258 e. The molecule has 2 aliphatic rings. The van der Waals surface area contributed by atoms with Crippen LogP contribution >= 0.6 is 12.2 Å². The van der Waals surface area contributed by atoms with Crippen molar-refractivity contribution < 1.29 is 14.0 Å². The summed E-state index contributed by atoms with van der Waals surface area (Å²) < 4.78 is 17.2. The summed E-state index contributed by atoms with van der Waals surface area (Å²) >= 11 is 5.80. The SMILES string of the molecule is COc1cccc(C2NC(=S)N(CC3CCCO3)C(C)=C2c2nc(-c3ccc(C)cc3)no2)c1. The number of hydrogen-bond acceptors (Lipinski definition) is 6. The highest BCUT2D eigenvalue weighted by Gasteiger charge is 2.35. The second-order valence-corrected chi connectivity index (χ2v) is 9.08. The van der Waals surface area contributed by atoms with Crippen LogP contribution in [0.15, 0.2) is 58.8 Å². The average molecular weight is 477 g/mol. The van der Waals surface area contributed by atoms with Crippen molar-refractivity contribution in [3.05, 3.63) is 71.2 Å². The lowest BCUT2D eigenvalue weighted by atomic mass is 9.94. The molecule has 3 aromatic rings. The fourth-order valence-electron chi connectivity index (χ4n) is 4.49. The van der Waals surface area contributed by atoms with Crippen LogP contribution in [0.25, 0.3) is 17.0 Å². The van der Waals surface area contributed by atoms with Gasteiger partial charge in [0.05, 0.1) is 31.4 Å². The molecular weight excluding hydrogens is 448 g/mol. The molecule has 0 saturated carbocycles. The summed E-state index contributed by atoms with van der Waals surface area (Å²) in [5.74, 6) is 1.79. The van der Waals surface area contributed by atoms with Crippen molar-refractivity contribution in [2.45, 2.75) is 38.8 Å². The molecule has 3 heterocycles. The van der Waals surface area contributed by atoms with Crippen molar-refractivity contribution in [2.24, 2.45) is 0 Å². The van der Waals surface area contributed by atoms with Crippen LogP contribution in [0.2, 0.25) is 0 Å². The highest BCUT2D eigenvalue weighted by atomic mass is 32.1. The van der Waals surface area contributed by atoms with E-state index in [9.17, 15) is 0 Å². The number of aryl methyl sites for hydroxylation is 1. The minimum atomic E-state index is -0.255. The zero-order valence-electron chi connectivity index (χ0n) is 19.6.